The first kappa shape index (κ1) is 22.8. The van der Waals surface area contributed by atoms with Crippen LogP contribution in [0.3, 0.4) is 0 Å². The van der Waals surface area contributed by atoms with Crippen molar-refractivity contribution in [1.29, 1.82) is 0 Å². The number of hydrogen-bond acceptors (Lipinski definition) is 7. The van der Waals surface area contributed by atoms with Crippen molar-refractivity contribution >= 4 is 48.4 Å². The van der Waals surface area contributed by atoms with Crippen LogP contribution in [-0.4, -0.2) is 72.3 Å². The van der Waals surface area contributed by atoms with Crippen molar-refractivity contribution in [2.45, 2.75) is 30.2 Å². The van der Waals surface area contributed by atoms with Gasteiger partial charge < -0.3 is 4.90 Å². The third kappa shape index (κ3) is 4.31. The average Bonchev–Trinajstić information content (AvgIpc) is 3.55. The molecule has 0 amide bonds. The maximum absolute atomic E-state index is 13.7. The molecule has 1 atom stereocenters. The fraction of sp³-hybridized carbons (Fsp3) is 0.385. The van der Waals surface area contributed by atoms with Crippen LogP contribution in [-0.2, 0) is 10.0 Å². The average molecular weight is 508 g/mol. The van der Waals surface area contributed by atoms with Gasteiger partial charge in [0.05, 0.1) is 15.1 Å². The van der Waals surface area contributed by atoms with E-state index in [9.17, 15) is 8.42 Å². The van der Waals surface area contributed by atoms with Gasteiger partial charge in [0.2, 0.25) is 10.0 Å². The summed E-state index contributed by atoms with van der Waals surface area (Å²) in [6, 6.07) is 17.5. The number of aromatic nitrogens is 2. The summed E-state index contributed by atoms with van der Waals surface area (Å²) < 4.78 is 35.0. The van der Waals surface area contributed by atoms with Gasteiger partial charge in [0, 0.05) is 55.7 Å². The minimum atomic E-state index is -3.57. The van der Waals surface area contributed by atoms with Gasteiger partial charge in [-0.2, -0.15) is 8.68 Å². The Morgan fingerprint density at radius 1 is 0.914 bits per heavy atom. The van der Waals surface area contributed by atoms with Crippen LogP contribution in [0, 0.1) is 0 Å². The molecular formula is C26H29N5O2S2. The van der Waals surface area contributed by atoms with Gasteiger partial charge in [0.15, 0.2) is 0 Å². The second kappa shape index (κ2) is 9.46. The van der Waals surface area contributed by atoms with Crippen molar-refractivity contribution in [3.05, 3.63) is 60.8 Å². The van der Waals surface area contributed by atoms with Crippen LogP contribution in [0.4, 0.5) is 5.82 Å². The van der Waals surface area contributed by atoms with E-state index in [1.54, 1.807) is 40.2 Å². The third-order valence-corrected chi connectivity index (χ3v) is 10.2. The number of nitrogens with zero attached hydrogens (tertiary/aromatic N) is 5. The highest BCUT2D eigenvalue weighted by molar-refractivity contribution is 7.89. The van der Waals surface area contributed by atoms with Gasteiger partial charge in [-0.15, -0.1) is 0 Å². The lowest BCUT2D eigenvalue weighted by Crippen LogP contribution is -2.48. The maximum atomic E-state index is 13.7. The zero-order chi connectivity index (χ0) is 23.8. The lowest BCUT2D eigenvalue weighted by molar-refractivity contribution is 0.232. The van der Waals surface area contributed by atoms with Gasteiger partial charge in [0.1, 0.15) is 5.82 Å². The molecule has 6 rings (SSSR count). The minimum Gasteiger partial charge on any atom is -0.353 e. The van der Waals surface area contributed by atoms with Crippen molar-refractivity contribution < 1.29 is 8.42 Å². The fourth-order valence-corrected chi connectivity index (χ4v) is 8.18. The number of benzene rings is 2. The normalized spacial score (nSPS) is 20.2. The van der Waals surface area contributed by atoms with Crippen LogP contribution in [0.1, 0.15) is 19.3 Å². The highest BCUT2D eigenvalue weighted by atomic mass is 32.2. The van der Waals surface area contributed by atoms with E-state index in [-0.39, 0.29) is 6.04 Å². The Morgan fingerprint density at radius 2 is 1.74 bits per heavy atom. The van der Waals surface area contributed by atoms with E-state index in [1.165, 1.54) is 10.1 Å². The van der Waals surface area contributed by atoms with Crippen LogP contribution in [0.25, 0.3) is 21.0 Å². The Hall–Kier alpha value is -2.59. The lowest BCUT2D eigenvalue weighted by atomic mass is 10.1. The molecule has 7 nitrogen and oxygen atoms in total. The van der Waals surface area contributed by atoms with Crippen LogP contribution in [0.15, 0.2) is 65.7 Å². The topological polar surface area (TPSA) is 69.6 Å². The van der Waals surface area contributed by atoms with Crippen molar-refractivity contribution in [1.82, 2.24) is 18.6 Å². The molecule has 9 heteroatoms. The monoisotopic (exact) mass is 507 g/mol. The van der Waals surface area contributed by atoms with Crippen molar-refractivity contribution in [2.75, 3.05) is 44.2 Å². The molecule has 2 aliphatic heterocycles. The largest absolute Gasteiger partial charge is 0.353 e. The molecule has 35 heavy (non-hydrogen) atoms. The molecule has 0 radical (unpaired) electrons. The zero-order valence-electron chi connectivity index (χ0n) is 19.6. The highest BCUT2D eigenvalue weighted by Gasteiger charge is 2.36. The Balaban J connectivity index is 1.11. The van der Waals surface area contributed by atoms with Gasteiger partial charge in [0.25, 0.3) is 0 Å². The highest BCUT2D eigenvalue weighted by Crippen LogP contribution is 2.32. The number of anilines is 1. The van der Waals surface area contributed by atoms with Gasteiger partial charge in [-0.25, -0.2) is 8.42 Å². The Kier molecular flexibility index (Phi) is 6.18. The summed E-state index contributed by atoms with van der Waals surface area (Å²) >= 11 is 1.57. The standard InChI is InChI=1S/C26H29N5O2S2/c32-35(33,25-11-3-9-23-21(25)8-4-13-27-23)31-14-5-6-20(31)12-15-29-16-18-30(19-17-29)26-22-7-1-2-10-24(22)34-28-26/h1-4,7-11,13,20H,5-6,12,14-19H2. The lowest BCUT2D eigenvalue weighted by Gasteiger charge is -2.36. The maximum Gasteiger partial charge on any atom is 0.243 e. The van der Waals surface area contributed by atoms with Crippen LogP contribution >= 0.6 is 11.5 Å². The summed E-state index contributed by atoms with van der Waals surface area (Å²) in [6.45, 7) is 5.35. The van der Waals surface area contributed by atoms with E-state index in [0.29, 0.717) is 16.8 Å². The quantitative estimate of drug-likeness (QED) is 0.389. The summed E-state index contributed by atoms with van der Waals surface area (Å²) in [4.78, 5) is 9.57. The van der Waals surface area contributed by atoms with Crippen molar-refractivity contribution in [2.24, 2.45) is 0 Å². The summed E-state index contributed by atoms with van der Waals surface area (Å²) in [5.74, 6) is 1.10. The summed E-state index contributed by atoms with van der Waals surface area (Å²) in [7, 11) is -3.57. The second-order valence-corrected chi connectivity index (χ2v) is 12.0. The Morgan fingerprint density at radius 3 is 2.63 bits per heavy atom. The molecule has 2 saturated heterocycles. The van der Waals surface area contributed by atoms with Crippen LogP contribution in [0.5, 0.6) is 0 Å². The van der Waals surface area contributed by atoms with E-state index in [1.807, 2.05) is 12.1 Å². The van der Waals surface area contributed by atoms with E-state index >= 15 is 0 Å². The first-order chi connectivity index (χ1) is 17.1. The summed E-state index contributed by atoms with van der Waals surface area (Å²) in [6.07, 6.45) is 4.40. The fourth-order valence-electron chi connectivity index (χ4n) is 5.46. The van der Waals surface area contributed by atoms with Gasteiger partial charge in [-0.3, -0.25) is 9.88 Å². The molecule has 2 aliphatic rings. The smallest absolute Gasteiger partial charge is 0.243 e. The number of pyridine rings is 1. The second-order valence-electron chi connectivity index (χ2n) is 9.36. The Bertz CT molecular complexity index is 1440. The van der Waals surface area contributed by atoms with Crippen LogP contribution in [0.2, 0.25) is 0 Å². The van der Waals surface area contributed by atoms with Gasteiger partial charge >= 0.3 is 0 Å². The van der Waals surface area contributed by atoms with E-state index < -0.39 is 10.0 Å². The molecular weight excluding hydrogens is 478 g/mol. The molecule has 2 fully saturated rings. The Labute approximate surface area is 210 Å². The predicted octanol–water partition coefficient (Wildman–Crippen LogP) is 4.21. The summed E-state index contributed by atoms with van der Waals surface area (Å²) in [5, 5.41) is 1.94. The molecule has 2 aromatic carbocycles. The molecule has 4 aromatic rings. The number of fused-ring (bicyclic) bond motifs is 2. The number of sulfonamides is 1. The van der Waals surface area contributed by atoms with Gasteiger partial charge in [-0.1, -0.05) is 18.2 Å². The molecule has 2 aromatic heterocycles. The van der Waals surface area contributed by atoms with Crippen LogP contribution < -0.4 is 4.90 Å². The molecule has 0 aliphatic carbocycles. The number of rotatable bonds is 6. The summed E-state index contributed by atoms with van der Waals surface area (Å²) in [5.41, 5.74) is 0.718. The number of piperazine rings is 1. The number of hydrogen-bond donors (Lipinski definition) is 0. The first-order valence-electron chi connectivity index (χ1n) is 12.3. The third-order valence-electron chi connectivity index (χ3n) is 7.32. The first-order valence-corrected chi connectivity index (χ1v) is 14.5. The van der Waals surface area contributed by atoms with E-state index in [2.05, 4.69) is 39.0 Å². The van der Waals surface area contributed by atoms with E-state index in [4.69, 9.17) is 4.37 Å². The van der Waals surface area contributed by atoms with E-state index in [0.717, 1.165) is 63.3 Å². The predicted molar refractivity (Wildman–Crippen MR) is 142 cm³/mol. The molecule has 182 valence electrons. The van der Waals surface area contributed by atoms with Crippen molar-refractivity contribution in [3.63, 3.8) is 0 Å². The molecule has 0 spiro atoms. The molecule has 4 heterocycles. The molecule has 0 saturated carbocycles. The molecule has 1 unspecified atom stereocenters. The zero-order valence-corrected chi connectivity index (χ0v) is 21.2. The molecule has 0 bridgehead atoms. The SMILES string of the molecule is O=S(=O)(c1cccc2ncccc12)N1CCCC1CCN1CCN(c2nsc3ccccc23)CC1. The van der Waals surface area contributed by atoms with Gasteiger partial charge in [-0.05, 0) is 73.7 Å². The minimum absolute atomic E-state index is 0.0486. The molecule has 0 N–H and O–H groups in total. The van der Waals surface area contributed by atoms with Crippen molar-refractivity contribution in [3.8, 4) is 0 Å².